The van der Waals surface area contributed by atoms with Crippen molar-refractivity contribution >= 4 is 27.6 Å². The number of hydrogen-bond donors (Lipinski definition) is 2. The molecule has 0 rings (SSSR count). The van der Waals surface area contributed by atoms with Crippen LogP contribution in [0.5, 0.6) is 0 Å². The van der Waals surface area contributed by atoms with Crippen LogP contribution < -0.4 is 5.32 Å². The molecule has 0 saturated heterocycles. The summed E-state index contributed by atoms with van der Waals surface area (Å²) in [5, 5.41) is 11.5. The van der Waals surface area contributed by atoms with Crippen molar-refractivity contribution in [3.05, 3.63) is 0 Å². The number of aliphatic carboxylic acids is 1. The minimum absolute atomic E-state index is 0.0585. The number of carboxylic acid groups (broad SMARTS) is 1. The summed E-state index contributed by atoms with van der Waals surface area (Å²) in [6.07, 6.45) is 0. The van der Waals surface area contributed by atoms with Crippen LogP contribution in [0.25, 0.3) is 0 Å². The van der Waals surface area contributed by atoms with Crippen LogP contribution in [0.3, 0.4) is 0 Å². The number of rotatable bonds is 9. The van der Waals surface area contributed by atoms with Crippen LogP contribution in [-0.4, -0.2) is 66.8 Å². The van der Waals surface area contributed by atoms with Crippen LogP contribution in [0.4, 0.5) is 0 Å². The summed E-state index contributed by atoms with van der Waals surface area (Å²) in [6.45, 7) is 6.02. The van der Waals surface area contributed by atoms with Gasteiger partial charge in [0.1, 0.15) is 11.8 Å². The van der Waals surface area contributed by atoms with E-state index in [4.69, 9.17) is 5.11 Å². The molecule has 0 radical (unpaired) electrons. The summed E-state index contributed by atoms with van der Waals surface area (Å²) in [6, 6.07) is -1.17. The molecule has 0 bridgehead atoms. The molecule has 128 valence electrons. The molecule has 0 spiro atoms. The monoisotopic (exact) mass is 336 g/mol. The van der Waals surface area contributed by atoms with E-state index in [-0.39, 0.29) is 30.7 Å². The summed E-state index contributed by atoms with van der Waals surface area (Å²) in [7, 11) is -3.60. The maximum Gasteiger partial charge on any atom is 0.326 e. The van der Waals surface area contributed by atoms with Crippen molar-refractivity contribution in [2.24, 2.45) is 5.92 Å². The number of sulfone groups is 1. The number of amides is 2. The Balaban J connectivity index is 4.96. The highest BCUT2D eigenvalue weighted by atomic mass is 32.2. The third kappa shape index (κ3) is 7.96. The fourth-order valence-corrected chi connectivity index (χ4v) is 3.53. The fourth-order valence-electron chi connectivity index (χ4n) is 1.86. The van der Waals surface area contributed by atoms with Crippen LogP contribution in [0.15, 0.2) is 0 Å². The SMILES string of the molecule is CC(=O)NCCN(C(=O)CS(=O)(=O)CC(C)C)C(C)C(=O)O. The van der Waals surface area contributed by atoms with Crippen molar-refractivity contribution < 1.29 is 27.9 Å². The molecule has 9 heteroatoms. The minimum Gasteiger partial charge on any atom is -0.480 e. The van der Waals surface area contributed by atoms with Crippen LogP contribution in [0.2, 0.25) is 0 Å². The first-order valence-electron chi connectivity index (χ1n) is 6.93. The lowest BCUT2D eigenvalue weighted by Crippen LogP contribution is -2.48. The van der Waals surface area contributed by atoms with Gasteiger partial charge in [-0.25, -0.2) is 13.2 Å². The molecule has 1 atom stereocenters. The smallest absolute Gasteiger partial charge is 0.326 e. The molecule has 0 fully saturated rings. The van der Waals surface area contributed by atoms with Gasteiger partial charge in [0.25, 0.3) is 0 Å². The predicted octanol–water partition coefficient (Wildman–Crippen LogP) is -0.505. The molecular weight excluding hydrogens is 312 g/mol. The van der Waals surface area contributed by atoms with Gasteiger partial charge in [0.05, 0.1) is 5.75 Å². The molecule has 22 heavy (non-hydrogen) atoms. The van der Waals surface area contributed by atoms with Gasteiger partial charge in [0.2, 0.25) is 11.8 Å². The Morgan fingerprint density at radius 3 is 2.14 bits per heavy atom. The van der Waals surface area contributed by atoms with Crippen LogP contribution in [0.1, 0.15) is 27.7 Å². The second-order valence-corrected chi connectivity index (χ2v) is 7.64. The summed E-state index contributed by atoms with van der Waals surface area (Å²) < 4.78 is 23.7. The highest BCUT2D eigenvalue weighted by molar-refractivity contribution is 7.92. The van der Waals surface area contributed by atoms with E-state index in [1.807, 2.05) is 0 Å². The van der Waals surface area contributed by atoms with Crippen molar-refractivity contribution in [2.45, 2.75) is 33.7 Å². The van der Waals surface area contributed by atoms with E-state index in [0.717, 1.165) is 4.90 Å². The Labute approximate surface area is 130 Å². The van der Waals surface area contributed by atoms with E-state index in [9.17, 15) is 22.8 Å². The normalized spacial score (nSPS) is 12.8. The van der Waals surface area contributed by atoms with Crippen LogP contribution >= 0.6 is 0 Å². The van der Waals surface area contributed by atoms with Crippen molar-refractivity contribution in [1.82, 2.24) is 10.2 Å². The summed E-state index contributed by atoms with van der Waals surface area (Å²) in [5.74, 6) is -3.33. The van der Waals surface area contributed by atoms with Crippen molar-refractivity contribution in [3.63, 3.8) is 0 Å². The van der Waals surface area contributed by atoms with E-state index in [1.165, 1.54) is 13.8 Å². The standard InChI is InChI=1S/C13H24N2O6S/c1-9(2)7-22(20,21)8-12(17)15(10(3)13(18)19)6-5-14-11(4)16/h9-10H,5-8H2,1-4H3,(H,14,16)(H,18,19). The van der Waals surface area contributed by atoms with Crippen molar-refractivity contribution in [1.29, 1.82) is 0 Å². The van der Waals surface area contributed by atoms with Gasteiger partial charge in [-0.2, -0.15) is 0 Å². The molecule has 1 unspecified atom stereocenters. The molecule has 0 aromatic rings. The fraction of sp³-hybridized carbons (Fsp3) is 0.769. The summed E-state index contributed by atoms with van der Waals surface area (Å²) in [4.78, 5) is 35.0. The average molecular weight is 336 g/mol. The van der Waals surface area contributed by atoms with Crippen LogP contribution in [-0.2, 0) is 24.2 Å². The molecule has 2 amide bonds. The quantitative estimate of drug-likeness (QED) is 0.585. The Morgan fingerprint density at radius 1 is 1.18 bits per heavy atom. The molecular formula is C13H24N2O6S. The summed E-state index contributed by atoms with van der Waals surface area (Å²) in [5.41, 5.74) is 0. The Hall–Kier alpha value is -1.64. The lowest BCUT2D eigenvalue weighted by Gasteiger charge is -2.26. The molecule has 0 aromatic heterocycles. The number of carbonyl (C=O) groups is 3. The first-order valence-corrected chi connectivity index (χ1v) is 8.75. The molecule has 0 heterocycles. The van der Waals surface area contributed by atoms with Gasteiger partial charge >= 0.3 is 5.97 Å². The number of hydrogen-bond acceptors (Lipinski definition) is 5. The second-order valence-electron chi connectivity index (χ2n) is 5.53. The minimum atomic E-state index is -3.60. The zero-order chi connectivity index (χ0) is 17.5. The number of carboxylic acids is 1. The zero-order valence-corrected chi connectivity index (χ0v) is 14.1. The van der Waals surface area contributed by atoms with Gasteiger partial charge in [0.15, 0.2) is 9.84 Å². The summed E-state index contributed by atoms with van der Waals surface area (Å²) >= 11 is 0. The first kappa shape index (κ1) is 20.4. The van der Waals surface area contributed by atoms with Gasteiger partial charge in [-0.15, -0.1) is 0 Å². The van der Waals surface area contributed by atoms with E-state index in [1.54, 1.807) is 13.8 Å². The molecule has 0 aliphatic carbocycles. The largest absolute Gasteiger partial charge is 0.480 e. The molecule has 8 nitrogen and oxygen atoms in total. The molecule has 2 N–H and O–H groups in total. The molecule has 0 aliphatic heterocycles. The second kappa shape index (κ2) is 8.72. The van der Waals surface area contributed by atoms with Gasteiger partial charge in [-0.05, 0) is 12.8 Å². The Kier molecular flexibility index (Phi) is 8.07. The van der Waals surface area contributed by atoms with E-state index in [0.29, 0.717) is 0 Å². The molecule has 0 saturated carbocycles. The average Bonchev–Trinajstić information content (AvgIpc) is 2.30. The van der Waals surface area contributed by atoms with E-state index in [2.05, 4.69) is 5.32 Å². The lowest BCUT2D eigenvalue weighted by atomic mass is 10.2. The van der Waals surface area contributed by atoms with Gasteiger partial charge in [-0.1, -0.05) is 13.8 Å². The first-order chi connectivity index (χ1) is 9.96. The van der Waals surface area contributed by atoms with Crippen molar-refractivity contribution in [3.8, 4) is 0 Å². The van der Waals surface area contributed by atoms with Gasteiger partial charge in [-0.3, -0.25) is 9.59 Å². The third-order valence-corrected chi connectivity index (χ3v) is 4.66. The van der Waals surface area contributed by atoms with Crippen LogP contribution in [0, 0.1) is 5.92 Å². The van der Waals surface area contributed by atoms with E-state index >= 15 is 0 Å². The molecule has 0 aromatic carbocycles. The maximum absolute atomic E-state index is 12.1. The third-order valence-electron chi connectivity index (χ3n) is 2.80. The molecule has 0 aliphatic rings. The predicted molar refractivity (Wildman–Crippen MR) is 81.0 cm³/mol. The zero-order valence-electron chi connectivity index (χ0n) is 13.3. The lowest BCUT2D eigenvalue weighted by molar-refractivity contribution is -0.148. The maximum atomic E-state index is 12.1. The Morgan fingerprint density at radius 2 is 1.73 bits per heavy atom. The topological polar surface area (TPSA) is 121 Å². The number of nitrogens with zero attached hydrogens (tertiary/aromatic N) is 1. The van der Waals surface area contributed by atoms with Gasteiger partial charge < -0.3 is 15.3 Å². The highest BCUT2D eigenvalue weighted by Gasteiger charge is 2.29. The van der Waals surface area contributed by atoms with Gasteiger partial charge in [0, 0.05) is 20.0 Å². The number of carbonyl (C=O) groups excluding carboxylic acids is 2. The number of nitrogens with one attached hydrogen (secondary N) is 1. The Bertz CT molecular complexity index is 515. The van der Waals surface area contributed by atoms with E-state index < -0.39 is 33.5 Å². The van der Waals surface area contributed by atoms with Crippen molar-refractivity contribution in [2.75, 3.05) is 24.6 Å². The highest BCUT2D eigenvalue weighted by Crippen LogP contribution is 2.06.